The van der Waals surface area contributed by atoms with Gasteiger partial charge in [0.2, 0.25) is 0 Å². The van der Waals surface area contributed by atoms with Crippen molar-refractivity contribution in [3.8, 4) is 0 Å². The van der Waals surface area contributed by atoms with Crippen LogP contribution in [0.25, 0.3) is 5.65 Å². The van der Waals surface area contributed by atoms with Gasteiger partial charge in [-0.1, -0.05) is 0 Å². The maximum Gasteiger partial charge on any atom is 0.274 e. The first kappa shape index (κ1) is 21.5. The minimum Gasteiger partial charge on any atom is -0.384 e. The van der Waals surface area contributed by atoms with Gasteiger partial charge in [0.25, 0.3) is 5.56 Å². The lowest BCUT2D eigenvalue weighted by Crippen LogP contribution is -2.33. The zero-order valence-electron chi connectivity index (χ0n) is 18.4. The minimum atomic E-state index is -0.469. The van der Waals surface area contributed by atoms with Crippen molar-refractivity contribution < 1.29 is 14.6 Å². The first-order valence-electron chi connectivity index (χ1n) is 11.2. The monoisotopic (exact) mass is 451 g/mol. The number of hydrogen-bond donors (Lipinski definition) is 3. The first-order chi connectivity index (χ1) is 16.0. The second kappa shape index (κ2) is 8.87. The second-order valence-corrected chi connectivity index (χ2v) is 8.52. The van der Waals surface area contributed by atoms with E-state index in [0.29, 0.717) is 54.2 Å². The molecular formula is C23H27N6O4+. The van der Waals surface area contributed by atoms with E-state index in [1.165, 1.54) is 6.20 Å². The van der Waals surface area contributed by atoms with Crippen LogP contribution in [-0.4, -0.2) is 55.9 Å². The summed E-state index contributed by atoms with van der Waals surface area (Å²) in [6.45, 7) is 0.973. The number of Topliss-reactive ketones (excluding diaryl/α,β-unsaturated/α-hetero) is 1. The van der Waals surface area contributed by atoms with Crippen LogP contribution in [-0.2, 0) is 11.3 Å². The topological polar surface area (TPSA) is 123 Å². The number of aliphatic hydroxyl groups excluding tert-OH is 1. The highest BCUT2D eigenvalue weighted by Crippen LogP contribution is 2.31. The smallest absolute Gasteiger partial charge is 0.274 e. The number of nitrogens with one attached hydrogen (secondary N) is 2. The molecule has 0 radical (unpaired) electrons. The van der Waals surface area contributed by atoms with Crippen molar-refractivity contribution in [2.24, 2.45) is 5.92 Å². The molecule has 33 heavy (non-hydrogen) atoms. The molecule has 10 nitrogen and oxygen atoms in total. The van der Waals surface area contributed by atoms with E-state index in [9.17, 15) is 14.7 Å². The van der Waals surface area contributed by atoms with Gasteiger partial charge in [-0.3, -0.25) is 9.59 Å². The quantitative estimate of drug-likeness (QED) is 0.316. The van der Waals surface area contributed by atoms with Crippen molar-refractivity contribution in [2.45, 2.75) is 44.4 Å². The predicted molar refractivity (Wildman–Crippen MR) is 123 cm³/mol. The highest BCUT2D eigenvalue weighted by molar-refractivity contribution is 6.02. The Bertz CT molecular complexity index is 1230. The van der Waals surface area contributed by atoms with Crippen LogP contribution in [0.4, 0.5) is 17.3 Å². The molecule has 3 heterocycles. The number of ether oxygens (including phenoxy) is 1. The van der Waals surface area contributed by atoms with Crippen LogP contribution >= 0.6 is 0 Å². The number of fused-ring (bicyclic) bond motifs is 1. The summed E-state index contributed by atoms with van der Waals surface area (Å²) in [7, 11) is 1.75. The lowest BCUT2D eigenvalue weighted by Gasteiger charge is -2.21. The van der Waals surface area contributed by atoms with Crippen LogP contribution in [0.15, 0.2) is 35.4 Å². The summed E-state index contributed by atoms with van der Waals surface area (Å²) in [6.07, 6.45) is 8.07. The van der Waals surface area contributed by atoms with Gasteiger partial charge in [-0.2, -0.15) is 9.61 Å². The fourth-order valence-corrected chi connectivity index (χ4v) is 3.89. The summed E-state index contributed by atoms with van der Waals surface area (Å²) in [4.78, 5) is 30.3. The summed E-state index contributed by atoms with van der Waals surface area (Å²) in [5.74, 6) is 0.769. The molecule has 5 rings (SSSR count). The van der Waals surface area contributed by atoms with Gasteiger partial charge in [0.15, 0.2) is 11.4 Å². The summed E-state index contributed by atoms with van der Waals surface area (Å²) >= 11 is 0. The molecule has 3 N–H and O–H groups in total. The molecule has 3 aromatic rings. The van der Waals surface area contributed by atoms with Crippen LogP contribution in [0.3, 0.4) is 0 Å². The Labute approximate surface area is 190 Å². The van der Waals surface area contributed by atoms with Crippen molar-refractivity contribution in [3.63, 3.8) is 0 Å². The molecule has 0 bridgehead atoms. The van der Waals surface area contributed by atoms with Crippen molar-refractivity contribution in [1.82, 2.24) is 19.2 Å². The van der Waals surface area contributed by atoms with Crippen LogP contribution in [0, 0.1) is 12.3 Å². The molecule has 172 valence electrons. The molecule has 0 unspecified atom stereocenters. The summed E-state index contributed by atoms with van der Waals surface area (Å²) in [5, 5.41) is 20.3. The van der Waals surface area contributed by atoms with E-state index in [4.69, 9.17) is 4.74 Å². The van der Waals surface area contributed by atoms with E-state index in [-0.39, 0.29) is 23.7 Å². The molecule has 2 aliphatic rings. The SMILES string of the molecule is CNc1cc(Nc2cccn(CCOC3CC3)c2=O)nc2c(C(=O)C[C@@H]3[CH+]C[C@H]3O)cnn12. The average molecular weight is 452 g/mol. The van der Waals surface area contributed by atoms with Gasteiger partial charge in [-0.05, 0) is 25.0 Å². The normalized spacial score (nSPS) is 19.7. The lowest BCUT2D eigenvalue weighted by atomic mass is 9.78. The van der Waals surface area contributed by atoms with Gasteiger partial charge < -0.3 is 25.0 Å². The number of hydrogen-bond acceptors (Lipinski definition) is 8. The van der Waals surface area contributed by atoms with Crippen molar-refractivity contribution in [2.75, 3.05) is 24.3 Å². The highest BCUT2D eigenvalue weighted by atomic mass is 16.5. The average Bonchev–Trinajstić information content (AvgIpc) is 3.54. The van der Waals surface area contributed by atoms with E-state index in [1.807, 2.05) is 6.42 Å². The summed E-state index contributed by atoms with van der Waals surface area (Å²) in [5.41, 5.74) is 0.967. The Morgan fingerprint density at radius 2 is 2.24 bits per heavy atom. The molecule has 0 saturated heterocycles. The molecule has 2 atom stereocenters. The lowest BCUT2D eigenvalue weighted by molar-refractivity contribution is 0.0579. The predicted octanol–water partition coefficient (Wildman–Crippen LogP) is 2.01. The van der Waals surface area contributed by atoms with Crippen LogP contribution < -0.4 is 16.2 Å². The third-order valence-electron chi connectivity index (χ3n) is 6.12. The van der Waals surface area contributed by atoms with Gasteiger partial charge in [-0.15, -0.1) is 0 Å². The maximum atomic E-state index is 12.9. The maximum absolute atomic E-state index is 12.9. The third kappa shape index (κ3) is 4.44. The number of carbonyl (C=O) groups is 1. The fourth-order valence-electron chi connectivity index (χ4n) is 3.89. The first-order valence-corrected chi connectivity index (χ1v) is 11.2. The van der Waals surface area contributed by atoms with Gasteiger partial charge in [0.05, 0.1) is 37.3 Å². The minimum absolute atomic E-state index is 0.130. The van der Waals surface area contributed by atoms with Gasteiger partial charge >= 0.3 is 0 Å². The fraction of sp³-hybridized carbons (Fsp3) is 0.435. The van der Waals surface area contributed by atoms with Crippen LogP contribution in [0.2, 0.25) is 0 Å². The molecule has 0 aromatic carbocycles. The number of rotatable bonds is 10. The Kier molecular flexibility index (Phi) is 5.77. The van der Waals surface area contributed by atoms with Crippen molar-refractivity contribution in [3.05, 3.63) is 52.9 Å². The number of anilines is 3. The van der Waals surface area contributed by atoms with Gasteiger partial charge in [0, 0.05) is 25.9 Å². The molecular weight excluding hydrogens is 424 g/mol. The third-order valence-corrected chi connectivity index (χ3v) is 6.12. The zero-order chi connectivity index (χ0) is 22.9. The number of aliphatic hydroxyl groups is 1. The Morgan fingerprint density at radius 3 is 2.94 bits per heavy atom. The molecule has 2 aliphatic carbocycles. The van der Waals surface area contributed by atoms with Crippen molar-refractivity contribution >= 4 is 28.8 Å². The Balaban J connectivity index is 1.40. The van der Waals surface area contributed by atoms with Crippen molar-refractivity contribution in [1.29, 1.82) is 0 Å². The molecule has 0 spiro atoms. The van der Waals surface area contributed by atoms with Gasteiger partial charge in [-0.25, -0.2) is 4.98 Å². The van der Waals surface area contributed by atoms with E-state index in [2.05, 4.69) is 20.7 Å². The summed E-state index contributed by atoms with van der Waals surface area (Å²) in [6, 6.07) is 5.22. The standard InChI is InChI=1S/C23H26N6O4/c1-24-21-12-20(26-17-3-2-8-28(23(17)32)9-10-33-15-5-6-15)27-22-16(13-25-29(21)22)19(31)11-14-4-7-18(14)30/h2-4,8,12-15,18,30H,5-7,9-11H2,1H3,(H-,24,25,26,27,31)/p+1/t14-,18+/m0/s1. The Hall–Kier alpha value is -3.37. The zero-order valence-corrected chi connectivity index (χ0v) is 18.4. The van der Waals surface area contributed by atoms with E-state index >= 15 is 0 Å². The highest BCUT2D eigenvalue weighted by Gasteiger charge is 2.41. The molecule has 10 heteroatoms. The molecule has 3 aromatic heterocycles. The van der Waals surface area contributed by atoms with Crippen LogP contribution in [0.5, 0.6) is 0 Å². The van der Waals surface area contributed by atoms with E-state index in [1.54, 1.807) is 40.5 Å². The number of ketones is 1. The molecule has 0 amide bonds. The second-order valence-electron chi connectivity index (χ2n) is 8.52. The Morgan fingerprint density at radius 1 is 1.39 bits per heavy atom. The summed E-state index contributed by atoms with van der Waals surface area (Å²) < 4.78 is 8.82. The van der Waals surface area contributed by atoms with Crippen LogP contribution in [0.1, 0.15) is 36.0 Å². The van der Waals surface area contributed by atoms with Gasteiger partial charge in [0.1, 0.15) is 35.8 Å². The number of nitrogens with zero attached hydrogens (tertiary/aromatic N) is 4. The number of carbonyl (C=O) groups excluding carboxylic acids is 1. The largest absolute Gasteiger partial charge is 0.384 e. The molecule has 2 fully saturated rings. The number of aromatic nitrogens is 4. The van der Waals surface area contributed by atoms with E-state index < -0.39 is 6.10 Å². The van der Waals surface area contributed by atoms with E-state index in [0.717, 1.165) is 12.8 Å². The number of pyridine rings is 1. The molecule has 0 aliphatic heterocycles. The molecule has 2 saturated carbocycles.